The van der Waals surface area contributed by atoms with Gasteiger partial charge in [-0.2, -0.15) is 0 Å². The van der Waals surface area contributed by atoms with Crippen LogP contribution >= 0.6 is 11.6 Å². The molecule has 5 nitrogen and oxygen atoms in total. The maximum absolute atomic E-state index is 13.4. The molecule has 0 spiro atoms. The molecule has 180 valence electrons. The van der Waals surface area contributed by atoms with Crippen LogP contribution in [0.5, 0.6) is 0 Å². The first kappa shape index (κ1) is 24.8. The Balaban J connectivity index is 1.46. The van der Waals surface area contributed by atoms with E-state index in [-0.39, 0.29) is 23.3 Å². The normalized spacial score (nSPS) is 12.3. The smallest absolute Gasteiger partial charge is 0.264 e. The van der Waals surface area contributed by atoms with Gasteiger partial charge in [0.15, 0.2) is 0 Å². The zero-order valence-corrected chi connectivity index (χ0v) is 21.0. The minimum Gasteiger partial charge on any atom is -0.354 e. The molecule has 0 aromatic heterocycles. The molecule has 0 saturated heterocycles. The molecular formula is C28H27ClN2O3S. The lowest BCUT2D eigenvalue weighted by molar-refractivity contribution is -0.119. The lowest BCUT2D eigenvalue weighted by Crippen LogP contribution is -2.42. The summed E-state index contributed by atoms with van der Waals surface area (Å²) < 4.78 is 27.9. The fourth-order valence-electron chi connectivity index (χ4n) is 4.03. The number of carbonyl (C=O) groups is 1. The molecule has 4 aromatic carbocycles. The number of hydrogen-bond donors (Lipinski definition) is 1. The van der Waals surface area contributed by atoms with Crippen molar-refractivity contribution in [1.29, 1.82) is 0 Å². The van der Waals surface area contributed by atoms with Crippen molar-refractivity contribution in [3.8, 4) is 0 Å². The summed E-state index contributed by atoms with van der Waals surface area (Å²) in [6.07, 6.45) is 0.796. The number of carbonyl (C=O) groups excluding carboxylic acids is 1. The van der Waals surface area contributed by atoms with Crippen LogP contribution in [-0.4, -0.2) is 27.4 Å². The van der Waals surface area contributed by atoms with Crippen molar-refractivity contribution in [2.24, 2.45) is 5.92 Å². The number of nitrogens with one attached hydrogen (secondary N) is 1. The zero-order valence-electron chi connectivity index (χ0n) is 19.4. The van der Waals surface area contributed by atoms with Gasteiger partial charge in [0.2, 0.25) is 5.91 Å². The van der Waals surface area contributed by atoms with Gasteiger partial charge >= 0.3 is 0 Å². The third kappa shape index (κ3) is 6.02. The van der Waals surface area contributed by atoms with E-state index in [0.29, 0.717) is 17.3 Å². The van der Waals surface area contributed by atoms with E-state index in [9.17, 15) is 13.2 Å². The fraction of sp³-hybridized carbons (Fsp3) is 0.179. The van der Waals surface area contributed by atoms with Crippen molar-refractivity contribution < 1.29 is 13.2 Å². The molecular weight excluding hydrogens is 480 g/mol. The van der Waals surface area contributed by atoms with E-state index in [2.05, 4.69) is 36.5 Å². The van der Waals surface area contributed by atoms with Crippen LogP contribution in [0.4, 0.5) is 5.69 Å². The summed E-state index contributed by atoms with van der Waals surface area (Å²) in [5.41, 5.74) is 1.59. The Morgan fingerprint density at radius 3 is 2.29 bits per heavy atom. The van der Waals surface area contributed by atoms with Gasteiger partial charge in [-0.3, -0.25) is 9.10 Å². The van der Waals surface area contributed by atoms with E-state index in [1.807, 2.05) is 18.2 Å². The summed E-state index contributed by atoms with van der Waals surface area (Å²) in [5, 5.41) is 5.79. The number of amides is 1. The van der Waals surface area contributed by atoms with Crippen LogP contribution in [0.25, 0.3) is 10.8 Å². The Morgan fingerprint density at radius 1 is 0.886 bits per heavy atom. The van der Waals surface area contributed by atoms with E-state index in [1.54, 1.807) is 42.5 Å². The number of halogens is 1. The maximum atomic E-state index is 13.4. The number of fused-ring (bicyclic) bond motifs is 1. The van der Waals surface area contributed by atoms with Gasteiger partial charge in [-0.1, -0.05) is 79.2 Å². The van der Waals surface area contributed by atoms with Crippen LogP contribution < -0.4 is 9.62 Å². The molecule has 1 atom stereocenters. The summed E-state index contributed by atoms with van der Waals surface area (Å²) in [6.45, 7) is 2.17. The van der Waals surface area contributed by atoms with Crippen molar-refractivity contribution >= 4 is 44.0 Å². The highest BCUT2D eigenvalue weighted by atomic mass is 35.5. The Morgan fingerprint density at radius 2 is 1.54 bits per heavy atom. The van der Waals surface area contributed by atoms with Crippen LogP contribution in [0.2, 0.25) is 5.02 Å². The van der Waals surface area contributed by atoms with Crippen LogP contribution in [0.15, 0.2) is 102 Å². The van der Waals surface area contributed by atoms with Crippen LogP contribution in [0.1, 0.15) is 12.5 Å². The number of rotatable bonds is 9. The number of benzene rings is 4. The number of nitrogens with zero attached hydrogens (tertiary/aromatic N) is 1. The summed E-state index contributed by atoms with van der Waals surface area (Å²) in [4.78, 5) is 13.0. The first-order chi connectivity index (χ1) is 16.8. The second kappa shape index (κ2) is 10.9. The standard InChI is InChI=1S/C28H27ClN2O3S/c1-21(18-23-10-7-9-22-8-5-6-13-27(22)23)19-30-28(32)20-31(25-16-14-24(29)15-17-25)35(33,34)26-11-3-2-4-12-26/h2-17,21H,18-20H2,1H3,(H,30,32). The number of hydrogen-bond acceptors (Lipinski definition) is 3. The third-order valence-corrected chi connectivity index (χ3v) is 7.87. The van der Waals surface area contributed by atoms with E-state index in [1.165, 1.54) is 28.5 Å². The quantitative estimate of drug-likeness (QED) is 0.317. The first-order valence-corrected chi connectivity index (χ1v) is 13.2. The van der Waals surface area contributed by atoms with Crippen molar-refractivity contribution in [2.75, 3.05) is 17.4 Å². The molecule has 0 radical (unpaired) electrons. The van der Waals surface area contributed by atoms with Crippen molar-refractivity contribution in [3.05, 3.63) is 108 Å². The van der Waals surface area contributed by atoms with Gasteiger partial charge in [-0.05, 0) is 65.1 Å². The van der Waals surface area contributed by atoms with Crippen molar-refractivity contribution in [1.82, 2.24) is 5.32 Å². The summed E-state index contributed by atoms with van der Waals surface area (Å²) in [5.74, 6) is -0.205. The minimum atomic E-state index is -3.94. The number of anilines is 1. The lowest BCUT2D eigenvalue weighted by Gasteiger charge is -2.24. The van der Waals surface area contributed by atoms with Gasteiger partial charge in [0.05, 0.1) is 10.6 Å². The molecule has 0 aliphatic heterocycles. The molecule has 0 bridgehead atoms. The highest BCUT2D eigenvalue weighted by molar-refractivity contribution is 7.92. The van der Waals surface area contributed by atoms with Crippen molar-refractivity contribution in [3.63, 3.8) is 0 Å². The predicted octanol–water partition coefficient (Wildman–Crippen LogP) is 5.68. The number of sulfonamides is 1. The van der Waals surface area contributed by atoms with Gasteiger partial charge in [-0.15, -0.1) is 0 Å². The lowest BCUT2D eigenvalue weighted by atomic mass is 9.96. The summed E-state index contributed by atoms with van der Waals surface area (Å²) >= 11 is 5.99. The monoisotopic (exact) mass is 506 g/mol. The average molecular weight is 507 g/mol. The topological polar surface area (TPSA) is 66.5 Å². The molecule has 4 aromatic rings. The SMILES string of the molecule is CC(CNC(=O)CN(c1ccc(Cl)cc1)S(=O)(=O)c1ccccc1)Cc1cccc2ccccc12. The molecule has 1 amide bonds. The van der Waals surface area contributed by atoms with Crippen LogP contribution in [0.3, 0.4) is 0 Å². The molecule has 0 saturated carbocycles. The Kier molecular flexibility index (Phi) is 7.73. The molecule has 1 N–H and O–H groups in total. The molecule has 1 unspecified atom stereocenters. The second-order valence-electron chi connectivity index (χ2n) is 8.55. The Labute approximate surface area is 211 Å². The third-order valence-electron chi connectivity index (χ3n) is 5.83. The Bertz CT molecular complexity index is 1400. The average Bonchev–Trinajstić information content (AvgIpc) is 2.87. The molecule has 0 aliphatic carbocycles. The molecule has 0 fully saturated rings. The maximum Gasteiger partial charge on any atom is 0.264 e. The van der Waals surface area contributed by atoms with Gasteiger partial charge in [0, 0.05) is 11.6 Å². The molecule has 4 rings (SSSR count). The molecule has 35 heavy (non-hydrogen) atoms. The second-order valence-corrected chi connectivity index (χ2v) is 10.9. The van der Waals surface area contributed by atoms with Crippen LogP contribution in [0, 0.1) is 5.92 Å². The summed E-state index contributed by atoms with van der Waals surface area (Å²) in [7, 11) is -3.94. The fourth-order valence-corrected chi connectivity index (χ4v) is 5.60. The Hall–Kier alpha value is -3.35. The minimum absolute atomic E-state index is 0.118. The van der Waals surface area contributed by atoms with Gasteiger partial charge in [0.25, 0.3) is 10.0 Å². The van der Waals surface area contributed by atoms with Gasteiger partial charge in [0.1, 0.15) is 6.54 Å². The van der Waals surface area contributed by atoms with E-state index in [0.717, 1.165) is 10.7 Å². The summed E-state index contributed by atoms with van der Waals surface area (Å²) in [6, 6.07) is 29.0. The van der Waals surface area contributed by atoms with Crippen LogP contribution in [-0.2, 0) is 21.2 Å². The molecule has 7 heteroatoms. The molecule has 0 heterocycles. The highest BCUT2D eigenvalue weighted by Crippen LogP contribution is 2.25. The van der Waals surface area contributed by atoms with Gasteiger partial charge in [-0.25, -0.2) is 8.42 Å². The van der Waals surface area contributed by atoms with E-state index in [4.69, 9.17) is 11.6 Å². The van der Waals surface area contributed by atoms with E-state index < -0.39 is 10.0 Å². The predicted molar refractivity (Wildman–Crippen MR) is 142 cm³/mol. The van der Waals surface area contributed by atoms with Crippen molar-refractivity contribution in [2.45, 2.75) is 18.2 Å². The zero-order chi connectivity index (χ0) is 24.8. The van der Waals surface area contributed by atoms with E-state index >= 15 is 0 Å². The van der Waals surface area contributed by atoms with Gasteiger partial charge < -0.3 is 5.32 Å². The largest absolute Gasteiger partial charge is 0.354 e. The highest BCUT2D eigenvalue weighted by Gasteiger charge is 2.27. The first-order valence-electron chi connectivity index (χ1n) is 11.4. The molecule has 0 aliphatic rings.